The minimum atomic E-state index is -0.238. The van der Waals surface area contributed by atoms with E-state index in [1.54, 1.807) is 55.6 Å². The Balaban J connectivity index is 0.000000123. The molecule has 0 radical (unpaired) electrons. The van der Waals surface area contributed by atoms with E-state index >= 15 is 0 Å². The average Bonchev–Trinajstić information content (AvgIpc) is 1.53. The third kappa shape index (κ3) is 12.0. The fourth-order valence-corrected chi connectivity index (χ4v) is 18.7. The normalized spacial score (nSPS) is 15.4. The number of fused-ring (bicyclic) bond motifs is 13. The molecule has 0 atom stereocenters. The molecule has 0 spiro atoms. The molecule has 0 bridgehead atoms. The summed E-state index contributed by atoms with van der Waals surface area (Å²) in [6, 6.07) is 71.9. The predicted octanol–water partition coefficient (Wildman–Crippen LogP) is 24.5. The maximum Gasteiger partial charge on any atom is 0.0713 e. The quantitative estimate of drug-likeness (QED) is 0.0469. The van der Waals surface area contributed by atoms with Gasteiger partial charge in [0, 0.05) is 10.8 Å². The van der Waals surface area contributed by atoms with Crippen molar-refractivity contribution < 1.29 is 0 Å². The van der Waals surface area contributed by atoms with Gasteiger partial charge in [0.1, 0.15) is 0 Å². The van der Waals surface area contributed by atoms with E-state index in [-0.39, 0.29) is 16.2 Å². The highest BCUT2D eigenvalue weighted by Crippen LogP contribution is 2.59. The highest BCUT2D eigenvalue weighted by atomic mass is 14.5. The molecule has 0 aliphatic heterocycles. The van der Waals surface area contributed by atoms with Gasteiger partial charge in [0.05, 0.1) is 5.41 Å². The van der Waals surface area contributed by atoms with Crippen molar-refractivity contribution in [3.8, 4) is 33.4 Å². The second-order valence-corrected chi connectivity index (χ2v) is 30.9. The lowest BCUT2D eigenvalue weighted by Crippen LogP contribution is -2.30. The molecule has 490 valence electrons. The van der Waals surface area contributed by atoms with Crippen molar-refractivity contribution in [3.05, 3.63) is 341 Å². The van der Waals surface area contributed by atoms with Gasteiger partial charge in [-0.15, -0.1) is 13.2 Å². The molecular formula is C97H102. The van der Waals surface area contributed by atoms with Crippen molar-refractivity contribution in [3.63, 3.8) is 0 Å². The molecule has 0 aromatic heterocycles. The highest BCUT2D eigenvalue weighted by Gasteiger charge is 2.48. The van der Waals surface area contributed by atoms with Crippen LogP contribution in [0.25, 0.3) is 33.4 Å². The summed E-state index contributed by atoms with van der Waals surface area (Å²) in [5, 5.41) is 0. The van der Waals surface area contributed by atoms with Crippen LogP contribution < -0.4 is 0 Å². The lowest BCUT2D eigenvalue weighted by Gasteiger charge is -2.37. The summed E-state index contributed by atoms with van der Waals surface area (Å²) >= 11 is 0. The fourth-order valence-electron chi connectivity index (χ4n) is 18.7. The monoisotopic (exact) mass is 1270 g/mol. The second-order valence-electron chi connectivity index (χ2n) is 30.9. The van der Waals surface area contributed by atoms with E-state index in [1.807, 2.05) is 0 Å². The zero-order valence-electron chi connectivity index (χ0n) is 59.4. The van der Waals surface area contributed by atoms with Crippen LogP contribution in [0.2, 0.25) is 0 Å². The molecule has 17 rings (SSSR count). The largest absolute Gasteiger partial charge is 0.103 e. The fraction of sp³-hybridized carbons (Fsp3) is 0.340. The van der Waals surface area contributed by atoms with Gasteiger partial charge in [0.15, 0.2) is 0 Å². The molecule has 0 saturated carbocycles. The van der Waals surface area contributed by atoms with E-state index < -0.39 is 0 Å². The smallest absolute Gasteiger partial charge is 0.0713 e. The first kappa shape index (κ1) is 64.7. The minimum Gasteiger partial charge on any atom is -0.103 e. The Hall–Kier alpha value is -8.32. The van der Waals surface area contributed by atoms with E-state index in [9.17, 15) is 0 Å². The number of aryl methyl sites for hydroxylation is 16. The Labute approximate surface area is 582 Å². The lowest BCUT2D eigenvalue weighted by atomic mass is 9.65. The molecule has 97 heavy (non-hydrogen) atoms. The standard InChI is InChI=1S/C41H46.C31H26.C25H30/c1-29-11-21-37-38-22-12-30(2)26-40(38)41(39(37)25-29,23-7-3-5-9-31-13-15-33-17-19-35(33)27-31)24-8-4-6-10-32-14-16-34-18-20-36(34)28-32;1-19-3-13-27-28-14-4-20(2)16-30(28)31(29(27)15-19,25-11-9-21-5-7-23(21)17-25)26-12-10-22-6-8-24(22)18-26;1-5-7-9-15-25(16-10-8-6-2)23-17-19(3)11-13-21(23)22-14-12-20(4)18-24(22)25/h11-16,21-22,25-28H,3-10,17-20,23-24H2,1-2H3;3-4,9-18H,5-8H2,1-2H3;5-6,11-14,17-18H,1-2,7-10,15-16H2,3-4H3. The number of allylic oxidation sites excluding steroid dienone is 2. The van der Waals surface area contributed by atoms with Crippen molar-refractivity contribution in [2.45, 2.75) is 212 Å². The first-order chi connectivity index (χ1) is 47.3. The SMILES string of the molecule is C=CCCCC1(CCCC=C)c2cc(C)ccc2-c2ccc(C)cc21.Cc1ccc2c(c1)C(CCCCCc1ccc3c(c1)CC3)(CCCCCc1ccc3c(c1)CC3)c1cc(C)ccc1-2.Cc1ccc2c(c1)C(c1ccc3c(c1)CC3)(c1ccc3c(c1)CC3)c1cc(C)ccc1-2. The van der Waals surface area contributed by atoms with Crippen LogP contribution in [0.1, 0.15) is 223 Å². The number of hydrogen-bond acceptors (Lipinski definition) is 0. The topological polar surface area (TPSA) is 0 Å². The van der Waals surface area contributed by atoms with Crippen LogP contribution in [0.5, 0.6) is 0 Å². The Morgan fingerprint density at radius 3 is 0.835 bits per heavy atom. The molecule has 0 heterocycles. The van der Waals surface area contributed by atoms with Crippen LogP contribution in [-0.2, 0) is 80.5 Å². The van der Waals surface area contributed by atoms with Gasteiger partial charge in [-0.3, -0.25) is 0 Å². The predicted molar refractivity (Wildman–Crippen MR) is 412 cm³/mol. The van der Waals surface area contributed by atoms with Crippen LogP contribution in [0, 0.1) is 41.5 Å². The molecule has 0 fully saturated rings. The average molecular weight is 1270 g/mol. The van der Waals surface area contributed by atoms with E-state index in [0.29, 0.717) is 0 Å². The van der Waals surface area contributed by atoms with Gasteiger partial charge in [-0.25, -0.2) is 0 Å². The number of hydrogen-bond donors (Lipinski definition) is 0. The Kier molecular flexibility index (Phi) is 18.1. The van der Waals surface area contributed by atoms with Crippen LogP contribution in [-0.4, -0.2) is 0 Å². The summed E-state index contributed by atoms with van der Waals surface area (Å²) in [7, 11) is 0. The summed E-state index contributed by atoms with van der Waals surface area (Å²) in [5.74, 6) is 0. The highest BCUT2D eigenvalue weighted by molar-refractivity contribution is 5.88. The zero-order chi connectivity index (χ0) is 66.4. The van der Waals surface area contributed by atoms with E-state index in [2.05, 4.69) is 249 Å². The summed E-state index contributed by atoms with van der Waals surface area (Å²) in [6.45, 7) is 21.3. The molecule has 10 aromatic carbocycles. The van der Waals surface area contributed by atoms with Gasteiger partial charge in [-0.05, 0) is 303 Å². The molecule has 0 unspecified atom stereocenters. The van der Waals surface area contributed by atoms with E-state index in [4.69, 9.17) is 0 Å². The van der Waals surface area contributed by atoms with Gasteiger partial charge in [-0.2, -0.15) is 0 Å². The van der Waals surface area contributed by atoms with Crippen LogP contribution in [0.15, 0.2) is 207 Å². The molecular weight excluding hydrogens is 1170 g/mol. The third-order valence-electron chi connectivity index (χ3n) is 24.4. The molecule has 0 nitrogen and oxygen atoms in total. The Morgan fingerprint density at radius 1 is 0.268 bits per heavy atom. The van der Waals surface area contributed by atoms with Crippen molar-refractivity contribution >= 4 is 0 Å². The molecule has 0 amide bonds. The Morgan fingerprint density at radius 2 is 0.546 bits per heavy atom. The number of unbranched alkanes of at least 4 members (excludes halogenated alkanes) is 6. The number of benzene rings is 10. The Bertz CT molecular complexity index is 4370. The summed E-state index contributed by atoms with van der Waals surface area (Å²) < 4.78 is 0. The zero-order valence-corrected chi connectivity index (χ0v) is 59.4. The van der Waals surface area contributed by atoms with Crippen molar-refractivity contribution in [1.29, 1.82) is 0 Å². The van der Waals surface area contributed by atoms with Crippen molar-refractivity contribution in [2.24, 2.45) is 0 Å². The van der Waals surface area contributed by atoms with E-state index in [0.717, 1.165) is 12.8 Å². The van der Waals surface area contributed by atoms with Gasteiger partial charge in [-0.1, -0.05) is 253 Å². The molecule has 10 aromatic rings. The van der Waals surface area contributed by atoms with Crippen LogP contribution in [0.3, 0.4) is 0 Å². The van der Waals surface area contributed by atoms with Gasteiger partial charge >= 0.3 is 0 Å². The third-order valence-corrected chi connectivity index (χ3v) is 24.4. The minimum absolute atomic E-state index is 0.148. The van der Waals surface area contributed by atoms with E-state index in [1.165, 1.54) is 253 Å². The summed E-state index contributed by atoms with van der Waals surface area (Å²) in [6.07, 6.45) is 34.0. The molecule has 0 N–H and O–H groups in total. The number of rotatable bonds is 22. The second kappa shape index (κ2) is 27.2. The van der Waals surface area contributed by atoms with Crippen LogP contribution >= 0.6 is 0 Å². The summed E-state index contributed by atoms with van der Waals surface area (Å²) in [5.41, 5.74) is 44.6. The molecule has 0 heteroatoms. The van der Waals surface area contributed by atoms with Gasteiger partial charge in [0.2, 0.25) is 0 Å². The summed E-state index contributed by atoms with van der Waals surface area (Å²) in [4.78, 5) is 0. The van der Waals surface area contributed by atoms with Gasteiger partial charge < -0.3 is 0 Å². The maximum atomic E-state index is 3.93. The first-order valence-electron chi connectivity index (χ1n) is 37.7. The lowest BCUT2D eigenvalue weighted by molar-refractivity contribution is 0.401. The van der Waals surface area contributed by atoms with Crippen molar-refractivity contribution in [2.75, 3.05) is 0 Å². The molecule has 0 saturated heterocycles. The first-order valence-corrected chi connectivity index (χ1v) is 37.7. The van der Waals surface area contributed by atoms with Crippen LogP contribution in [0.4, 0.5) is 0 Å². The van der Waals surface area contributed by atoms with Crippen molar-refractivity contribution in [1.82, 2.24) is 0 Å². The molecule has 7 aliphatic carbocycles. The molecule has 7 aliphatic rings. The van der Waals surface area contributed by atoms with Gasteiger partial charge in [0.25, 0.3) is 0 Å². The maximum absolute atomic E-state index is 3.93.